The molecule has 2 atom stereocenters. The standard InChI is InChI=1S/C16H17N3O2/c1-12-10-19(16(20)15-17-8-5-9-18-15)11-14(21-12)13-6-3-2-4-7-13/h2-9,12,14H,10-11H2,1H3/t12-,14-/m0/s1. The SMILES string of the molecule is C[C@H]1CN(C(=O)c2ncccn2)C[C@@H](c2ccccc2)O1. The fourth-order valence-electron chi connectivity index (χ4n) is 2.52. The molecule has 3 rings (SSSR count). The number of hydrogen-bond donors (Lipinski definition) is 0. The van der Waals surface area contributed by atoms with Crippen LogP contribution >= 0.6 is 0 Å². The summed E-state index contributed by atoms with van der Waals surface area (Å²) in [5.74, 6) is 0.0880. The number of hydrogen-bond acceptors (Lipinski definition) is 4. The van der Waals surface area contributed by atoms with Gasteiger partial charge in [-0.3, -0.25) is 4.79 Å². The average molecular weight is 283 g/mol. The molecule has 0 bridgehead atoms. The summed E-state index contributed by atoms with van der Waals surface area (Å²) in [4.78, 5) is 22.3. The Balaban J connectivity index is 1.79. The van der Waals surface area contributed by atoms with Crippen molar-refractivity contribution in [3.8, 4) is 0 Å². The summed E-state index contributed by atoms with van der Waals surface area (Å²) in [6.07, 6.45) is 3.04. The van der Waals surface area contributed by atoms with Gasteiger partial charge in [-0.2, -0.15) is 0 Å². The zero-order chi connectivity index (χ0) is 14.7. The van der Waals surface area contributed by atoms with Crippen LogP contribution < -0.4 is 0 Å². The molecular weight excluding hydrogens is 266 g/mol. The first-order valence-corrected chi connectivity index (χ1v) is 7.01. The zero-order valence-electron chi connectivity index (χ0n) is 11.8. The van der Waals surface area contributed by atoms with Crippen LogP contribution in [0.25, 0.3) is 0 Å². The van der Waals surface area contributed by atoms with E-state index in [1.807, 2.05) is 37.3 Å². The molecule has 5 nitrogen and oxygen atoms in total. The second-order valence-corrected chi connectivity index (χ2v) is 5.13. The van der Waals surface area contributed by atoms with Crippen LogP contribution in [-0.2, 0) is 4.74 Å². The Labute approximate surface area is 123 Å². The molecule has 1 aliphatic rings. The van der Waals surface area contributed by atoms with E-state index in [4.69, 9.17) is 4.74 Å². The number of rotatable bonds is 2. The number of benzene rings is 1. The number of ether oxygens (including phenoxy) is 1. The van der Waals surface area contributed by atoms with Crippen molar-refractivity contribution >= 4 is 5.91 Å². The summed E-state index contributed by atoms with van der Waals surface area (Å²) in [5.41, 5.74) is 1.08. The lowest BCUT2D eigenvalue weighted by atomic mass is 10.1. The number of carbonyl (C=O) groups excluding carboxylic acids is 1. The number of amides is 1. The molecule has 21 heavy (non-hydrogen) atoms. The Morgan fingerprint density at radius 2 is 1.86 bits per heavy atom. The van der Waals surface area contributed by atoms with Crippen LogP contribution in [0.15, 0.2) is 48.8 Å². The summed E-state index contributed by atoms with van der Waals surface area (Å²) in [5, 5.41) is 0. The maximum absolute atomic E-state index is 12.5. The van der Waals surface area contributed by atoms with E-state index >= 15 is 0 Å². The zero-order valence-corrected chi connectivity index (χ0v) is 11.8. The number of aromatic nitrogens is 2. The van der Waals surface area contributed by atoms with Crippen molar-refractivity contribution in [1.82, 2.24) is 14.9 Å². The van der Waals surface area contributed by atoms with Crippen LogP contribution in [0, 0.1) is 0 Å². The number of morpholine rings is 1. The molecule has 0 unspecified atom stereocenters. The topological polar surface area (TPSA) is 55.3 Å². The quantitative estimate of drug-likeness (QED) is 0.846. The molecule has 108 valence electrons. The predicted molar refractivity (Wildman–Crippen MR) is 77.7 cm³/mol. The minimum Gasteiger partial charge on any atom is -0.367 e. The van der Waals surface area contributed by atoms with Crippen molar-refractivity contribution in [2.45, 2.75) is 19.1 Å². The molecule has 0 saturated carbocycles. The highest BCUT2D eigenvalue weighted by Gasteiger charge is 2.30. The molecule has 2 heterocycles. The maximum Gasteiger partial charge on any atom is 0.291 e. The summed E-state index contributed by atoms with van der Waals surface area (Å²) in [6, 6.07) is 11.7. The molecule has 1 aliphatic heterocycles. The fraction of sp³-hybridized carbons (Fsp3) is 0.312. The van der Waals surface area contributed by atoms with E-state index < -0.39 is 0 Å². The summed E-state index contributed by atoms with van der Waals surface area (Å²) < 4.78 is 5.95. The first-order valence-electron chi connectivity index (χ1n) is 7.01. The molecule has 0 spiro atoms. The first kappa shape index (κ1) is 13.7. The van der Waals surface area contributed by atoms with Crippen LogP contribution in [-0.4, -0.2) is 40.0 Å². The van der Waals surface area contributed by atoms with Gasteiger partial charge >= 0.3 is 0 Å². The first-order chi connectivity index (χ1) is 10.2. The van der Waals surface area contributed by atoms with Gasteiger partial charge in [-0.1, -0.05) is 30.3 Å². The molecule has 1 fully saturated rings. The molecule has 1 saturated heterocycles. The number of carbonyl (C=O) groups is 1. The molecule has 2 aromatic rings. The molecule has 0 aliphatic carbocycles. The van der Waals surface area contributed by atoms with Gasteiger partial charge in [-0.25, -0.2) is 9.97 Å². The minimum atomic E-state index is -0.147. The van der Waals surface area contributed by atoms with E-state index in [2.05, 4.69) is 9.97 Å². The molecule has 5 heteroatoms. The van der Waals surface area contributed by atoms with Crippen LogP contribution in [0.4, 0.5) is 0 Å². The molecule has 0 N–H and O–H groups in total. The van der Waals surface area contributed by atoms with Gasteiger partial charge in [-0.05, 0) is 18.6 Å². The van der Waals surface area contributed by atoms with Crippen molar-refractivity contribution in [3.63, 3.8) is 0 Å². The lowest BCUT2D eigenvalue weighted by Crippen LogP contribution is -2.46. The van der Waals surface area contributed by atoms with E-state index in [-0.39, 0.29) is 23.9 Å². The predicted octanol–water partition coefficient (Wildman–Crippen LogP) is 2.08. The summed E-state index contributed by atoms with van der Waals surface area (Å²) >= 11 is 0. The highest BCUT2D eigenvalue weighted by molar-refractivity contribution is 5.90. The average Bonchev–Trinajstić information content (AvgIpc) is 2.55. The van der Waals surface area contributed by atoms with Crippen molar-refractivity contribution in [2.75, 3.05) is 13.1 Å². The van der Waals surface area contributed by atoms with E-state index in [1.54, 1.807) is 23.4 Å². The normalized spacial score (nSPS) is 22.0. The van der Waals surface area contributed by atoms with Gasteiger partial charge in [0.15, 0.2) is 0 Å². The Kier molecular flexibility index (Phi) is 3.92. The van der Waals surface area contributed by atoms with Crippen LogP contribution in [0.3, 0.4) is 0 Å². The second kappa shape index (κ2) is 6.01. The van der Waals surface area contributed by atoms with Gasteiger partial charge in [-0.15, -0.1) is 0 Å². The van der Waals surface area contributed by atoms with E-state index in [0.717, 1.165) is 5.56 Å². The number of nitrogens with zero attached hydrogens (tertiary/aromatic N) is 3. The Morgan fingerprint density at radius 1 is 1.14 bits per heavy atom. The Bertz CT molecular complexity index is 603. The smallest absolute Gasteiger partial charge is 0.291 e. The van der Waals surface area contributed by atoms with Crippen molar-refractivity contribution in [2.24, 2.45) is 0 Å². The van der Waals surface area contributed by atoms with Gasteiger partial charge in [0, 0.05) is 18.9 Å². The van der Waals surface area contributed by atoms with E-state index in [0.29, 0.717) is 13.1 Å². The van der Waals surface area contributed by atoms with Crippen LogP contribution in [0.2, 0.25) is 0 Å². The third-order valence-electron chi connectivity index (χ3n) is 3.48. The highest BCUT2D eigenvalue weighted by atomic mass is 16.5. The second-order valence-electron chi connectivity index (χ2n) is 5.13. The van der Waals surface area contributed by atoms with Crippen LogP contribution in [0.5, 0.6) is 0 Å². The molecule has 1 aromatic carbocycles. The summed E-state index contributed by atoms with van der Waals surface area (Å²) in [7, 11) is 0. The van der Waals surface area contributed by atoms with E-state index in [1.165, 1.54) is 0 Å². The fourth-order valence-corrected chi connectivity index (χ4v) is 2.52. The van der Waals surface area contributed by atoms with Gasteiger partial charge in [0.05, 0.1) is 12.6 Å². The third kappa shape index (κ3) is 3.08. The maximum atomic E-state index is 12.5. The molecule has 0 radical (unpaired) electrons. The van der Waals surface area contributed by atoms with Gasteiger partial charge in [0.2, 0.25) is 5.82 Å². The lowest BCUT2D eigenvalue weighted by molar-refractivity contribution is -0.0694. The Hall–Kier alpha value is -2.27. The Morgan fingerprint density at radius 3 is 2.57 bits per heavy atom. The third-order valence-corrected chi connectivity index (χ3v) is 3.48. The van der Waals surface area contributed by atoms with Crippen molar-refractivity contribution in [3.05, 3.63) is 60.2 Å². The minimum absolute atomic E-state index is 0.0170. The van der Waals surface area contributed by atoms with Crippen LogP contribution in [0.1, 0.15) is 29.2 Å². The van der Waals surface area contributed by atoms with Crippen molar-refractivity contribution in [1.29, 1.82) is 0 Å². The van der Waals surface area contributed by atoms with Gasteiger partial charge < -0.3 is 9.64 Å². The van der Waals surface area contributed by atoms with Gasteiger partial charge in [0.1, 0.15) is 6.10 Å². The van der Waals surface area contributed by atoms with E-state index in [9.17, 15) is 4.79 Å². The lowest BCUT2D eigenvalue weighted by Gasteiger charge is -2.36. The monoisotopic (exact) mass is 283 g/mol. The molecule has 1 amide bonds. The van der Waals surface area contributed by atoms with Gasteiger partial charge in [0.25, 0.3) is 5.91 Å². The largest absolute Gasteiger partial charge is 0.367 e. The molecular formula is C16H17N3O2. The van der Waals surface area contributed by atoms with Crippen molar-refractivity contribution < 1.29 is 9.53 Å². The highest BCUT2D eigenvalue weighted by Crippen LogP contribution is 2.25. The molecule has 1 aromatic heterocycles. The summed E-state index contributed by atoms with van der Waals surface area (Å²) in [6.45, 7) is 3.05.